The quantitative estimate of drug-likeness (QED) is 0.377. The Morgan fingerprint density at radius 1 is 1.25 bits per heavy atom. The molecule has 0 aliphatic rings. The largest absolute Gasteiger partial charge is 0.463 e. The number of hydrogen-bond donors (Lipinski definition) is 0. The summed E-state index contributed by atoms with van der Waals surface area (Å²) >= 11 is 1.14. The van der Waals surface area contributed by atoms with Gasteiger partial charge in [0, 0.05) is 5.56 Å². The molecule has 2 aromatic carbocycles. The number of thiazole rings is 1. The van der Waals surface area contributed by atoms with E-state index in [1.54, 1.807) is 42.5 Å². The van der Waals surface area contributed by atoms with Gasteiger partial charge in [0.05, 0.1) is 34.3 Å². The zero-order valence-corrected chi connectivity index (χ0v) is 15.1. The maximum atomic E-state index is 13.5. The first-order valence-electron chi connectivity index (χ1n) is 8.12. The van der Waals surface area contributed by atoms with Crippen LogP contribution in [0.2, 0.25) is 0 Å². The van der Waals surface area contributed by atoms with Crippen LogP contribution in [-0.4, -0.2) is 17.1 Å². The van der Waals surface area contributed by atoms with E-state index >= 15 is 0 Å². The van der Waals surface area contributed by atoms with Crippen molar-refractivity contribution in [2.24, 2.45) is 5.10 Å². The van der Waals surface area contributed by atoms with E-state index < -0.39 is 5.91 Å². The Balaban J connectivity index is 1.75. The van der Waals surface area contributed by atoms with E-state index in [1.807, 2.05) is 6.07 Å². The van der Waals surface area contributed by atoms with Crippen LogP contribution in [0.15, 0.2) is 70.4 Å². The Morgan fingerprint density at radius 2 is 2.07 bits per heavy atom. The van der Waals surface area contributed by atoms with Gasteiger partial charge in [-0.1, -0.05) is 11.3 Å². The summed E-state index contributed by atoms with van der Waals surface area (Å²) in [6, 6.07) is 15.8. The van der Waals surface area contributed by atoms with Crippen LogP contribution in [0.1, 0.15) is 21.7 Å². The first-order valence-corrected chi connectivity index (χ1v) is 8.94. The molecule has 0 atom stereocenters. The fourth-order valence-electron chi connectivity index (χ4n) is 2.45. The van der Waals surface area contributed by atoms with Crippen molar-refractivity contribution in [2.45, 2.75) is 0 Å². The van der Waals surface area contributed by atoms with Gasteiger partial charge in [0.2, 0.25) is 5.13 Å². The maximum Gasteiger partial charge on any atom is 0.280 e. The molecule has 0 saturated heterocycles. The van der Waals surface area contributed by atoms with E-state index in [-0.39, 0.29) is 10.9 Å². The van der Waals surface area contributed by atoms with Crippen molar-refractivity contribution < 1.29 is 13.6 Å². The first kappa shape index (κ1) is 17.6. The molecule has 0 fully saturated rings. The van der Waals surface area contributed by atoms with Gasteiger partial charge in [0.25, 0.3) is 5.91 Å². The molecule has 2 aromatic heterocycles. The van der Waals surface area contributed by atoms with Crippen molar-refractivity contribution in [3.05, 3.63) is 83.6 Å². The number of furan rings is 1. The molecule has 0 N–H and O–H groups in total. The molecule has 4 rings (SSSR count). The molecule has 0 aliphatic carbocycles. The highest BCUT2D eigenvalue weighted by molar-refractivity contribution is 7.22. The average molecular weight is 390 g/mol. The molecule has 1 amide bonds. The van der Waals surface area contributed by atoms with Crippen LogP contribution in [0.4, 0.5) is 9.52 Å². The van der Waals surface area contributed by atoms with E-state index in [1.165, 1.54) is 24.6 Å². The Labute approximate surface area is 162 Å². The van der Waals surface area contributed by atoms with Crippen LogP contribution in [0.25, 0.3) is 10.2 Å². The van der Waals surface area contributed by atoms with Gasteiger partial charge in [-0.25, -0.2) is 9.37 Å². The third kappa shape index (κ3) is 3.51. The molecule has 0 bridgehead atoms. The summed E-state index contributed by atoms with van der Waals surface area (Å²) in [6.45, 7) is 0. The second kappa shape index (κ2) is 7.42. The number of benzene rings is 2. The van der Waals surface area contributed by atoms with Gasteiger partial charge in [-0.15, -0.1) is 0 Å². The predicted molar refractivity (Wildman–Crippen MR) is 104 cm³/mol. The number of anilines is 1. The highest BCUT2D eigenvalue weighted by atomic mass is 32.1. The molecule has 8 heteroatoms. The van der Waals surface area contributed by atoms with E-state index in [9.17, 15) is 9.18 Å². The molecule has 28 heavy (non-hydrogen) atoms. The van der Waals surface area contributed by atoms with Crippen molar-refractivity contribution in [2.75, 3.05) is 5.01 Å². The number of carbonyl (C=O) groups is 1. The minimum Gasteiger partial charge on any atom is -0.463 e. The molecule has 2 heterocycles. The summed E-state index contributed by atoms with van der Waals surface area (Å²) in [4.78, 5) is 17.4. The van der Waals surface area contributed by atoms with Gasteiger partial charge >= 0.3 is 0 Å². The van der Waals surface area contributed by atoms with E-state index in [0.29, 0.717) is 27.1 Å². The SMILES string of the molecule is N#Cc1ccc(C(=O)N(/N=C\c2ccco2)c2nc3ccc(F)cc3s2)cc1. The third-order valence-corrected chi connectivity index (χ3v) is 4.81. The summed E-state index contributed by atoms with van der Waals surface area (Å²) in [5.74, 6) is -0.358. The number of aromatic nitrogens is 1. The fourth-order valence-corrected chi connectivity index (χ4v) is 3.40. The molecule has 0 saturated carbocycles. The number of nitriles is 1. The van der Waals surface area contributed by atoms with Gasteiger partial charge in [0.15, 0.2) is 0 Å². The van der Waals surface area contributed by atoms with Crippen LogP contribution in [0, 0.1) is 17.1 Å². The van der Waals surface area contributed by atoms with Crippen LogP contribution < -0.4 is 5.01 Å². The van der Waals surface area contributed by atoms with Gasteiger partial charge < -0.3 is 4.42 Å². The first-order chi connectivity index (χ1) is 13.6. The highest BCUT2D eigenvalue weighted by Crippen LogP contribution is 2.30. The number of nitrogens with zero attached hydrogens (tertiary/aromatic N) is 4. The standard InChI is InChI=1S/C20H11FN4O2S/c21-15-7-8-17-18(10-15)28-20(24-17)25(23-12-16-2-1-9-27-16)19(26)14-5-3-13(11-22)4-6-14/h1-10,12H/b23-12-. The van der Waals surface area contributed by atoms with Crippen molar-refractivity contribution in [3.63, 3.8) is 0 Å². The second-order valence-electron chi connectivity index (χ2n) is 5.67. The zero-order chi connectivity index (χ0) is 19.5. The number of halogens is 1. The third-order valence-electron chi connectivity index (χ3n) is 3.82. The Bertz CT molecular complexity index is 1210. The summed E-state index contributed by atoms with van der Waals surface area (Å²) < 4.78 is 19.3. The van der Waals surface area contributed by atoms with Crippen molar-refractivity contribution in [1.82, 2.24) is 4.98 Å². The van der Waals surface area contributed by atoms with Gasteiger partial charge in [-0.2, -0.15) is 15.4 Å². The minimum atomic E-state index is -0.438. The lowest BCUT2D eigenvalue weighted by molar-refractivity contribution is 0.0988. The lowest BCUT2D eigenvalue weighted by atomic mass is 10.1. The van der Waals surface area contributed by atoms with E-state index in [4.69, 9.17) is 9.68 Å². The molecular formula is C20H11FN4O2S. The molecule has 6 nitrogen and oxygen atoms in total. The monoisotopic (exact) mass is 390 g/mol. The van der Waals surface area contributed by atoms with Gasteiger partial charge in [-0.05, 0) is 54.6 Å². The predicted octanol–water partition coefficient (Wildman–Crippen LogP) is 4.58. The molecule has 0 radical (unpaired) electrons. The molecule has 136 valence electrons. The fraction of sp³-hybridized carbons (Fsp3) is 0. The van der Waals surface area contributed by atoms with Crippen LogP contribution in [-0.2, 0) is 0 Å². The van der Waals surface area contributed by atoms with Crippen LogP contribution in [0.5, 0.6) is 0 Å². The summed E-state index contributed by atoms with van der Waals surface area (Å²) in [5.41, 5.74) is 1.34. The number of carbonyl (C=O) groups excluding carboxylic acids is 1. The number of rotatable bonds is 4. The van der Waals surface area contributed by atoms with Crippen LogP contribution >= 0.6 is 11.3 Å². The normalized spacial score (nSPS) is 11.0. The lowest BCUT2D eigenvalue weighted by Gasteiger charge is -2.13. The van der Waals surface area contributed by atoms with Crippen molar-refractivity contribution in [1.29, 1.82) is 5.26 Å². The minimum absolute atomic E-state index is 0.290. The Kier molecular flexibility index (Phi) is 4.66. The van der Waals surface area contributed by atoms with Crippen molar-refractivity contribution >= 4 is 38.8 Å². The molecule has 0 spiro atoms. The Hall–Kier alpha value is -3.83. The summed E-state index contributed by atoms with van der Waals surface area (Å²) in [6.07, 6.45) is 2.89. The molecule has 0 unspecified atom stereocenters. The Morgan fingerprint density at radius 3 is 2.79 bits per heavy atom. The van der Waals surface area contributed by atoms with E-state index in [0.717, 1.165) is 16.3 Å². The second-order valence-corrected chi connectivity index (χ2v) is 6.68. The van der Waals surface area contributed by atoms with Gasteiger partial charge in [0.1, 0.15) is 11.6 Å². The molecular weight excluding hydrogens is 379 g/mol. The number of amides is 1. The average Bonchev–Trinajstić information content (AvgIpc) is 3.37. The van der Waals surface area contributed by atoms with Crippen LogP contribution in [0.3, 0.4) is 0 Å². The zero-order valence-electron chi connectivity index (χ0n) is 14.2. The number of hydrazone groups is 1. The smallest absolute Gasteiger partial charge is 0.280 e. The lowest BCUT2D eigenvalue weighted by Crippen LogP contribution is -2.25. The topological polar surface area (TPSA) is 82.5 Å². The summed E-state index contributed by atoms with van der Waals surface area (Å²) in [7, 11) is 0. The number of hydrogen-bond acceptors (Lipinski definition) is 6. The number of fused-ring (bicyclic) bond motifs is 1. The van der Waals surface area contributed by atoms with Crippen molar-refractivity contribution in [3.8, 4) is 6.07 Å². The maximum absolute atomic E-state index is 13.5. The summed E-state index contributed by atoms with van der Waals surface area (Å²) in [5, 5.41) is 14.6. The molecule has 4 aromatic rings. The van der Waals surface area contributed by atoms with Gasteiger partial charge in [-0.3, -0.25) is 4.79 Å². The highest BCUT2D eigenvalue weighted by Gasteiger charge is 2.21. The molecule has 0 aliphatic heterocycles. The van der Waals surface area contributed by atoms with E-state index in [2.05, 4.69) is 10.1 Å².